The van der Waals surface area contributed by atoms with Crippen molar-refractivity contribution in [3.63, 3.8) is 0 Å². The predicted octanol–water partition coefficient (Wildman–Crippen LogP) is 4.99. The summed E-state index contributed by atoms with van der Waals surface area (Å²) in [6, 6.07) is 15.3. The third kappa shape index (κ3) is 7.44. The molecule has 1 amide bonds. The number of hydrogen-bond acceptors (Lipinski definition) is 7. The van der Waals surface area contributed by atoms with E-state index >= 15 is 0 Å². The van der Waals surface area contributed by atoms with Gasteiger partial charge in [-0.25, -0.2) is 21.1 Å². The summed E-state index contributed by atoms with van der Waals surface area (Å²) >= 11 is 12.3. The van der Waals surface area contributed by atoms with E-state index in [0.717, 1.165) is 0 Å². The summed E-state index contributed by atoms with van der Waals surface area (Å²) in [5.41, 5.74) is 1.01. The van der Waals surface area contributed by atoms with Crippen molar-refractivity contribution in [2.24, 2.45) is 5.92 Å². The number of piperidine rings is 1. The van der Waals surface area contributed by atoms with Crippen molar-refractivity contribution in [2.75, 3.05) is 37.3 Å². The first-order chi connectivity index (χ1) is 19.4. The topological polar surface area (TPSA) is 131 Å². The van der Waals surface area contributed by atoms with Gasteiger partial charge in [-0.3, -0.25) is 9.52 Å². The fourth-order valence-electron chi connectivity index (χ4n) is 4.39. The van der Waals surface area contributed by atoms with Gasteiger partial charge in [-0.2, -0.15) is 0 Å². The van der Waals surface area contributed by atoms with Gasteiger partial charge in [0.25, 0.3) is 10.0 Å². The number of carbonyl (C=O) groups excluding carboxylic acids is 1. The lowest BCUT2D eigenvalue weighted by Gasteiger charge is -2.30. The molecule has 0 unspecified atom stereocenters. The highest BCUT2D eigenvalue weighted by molar-refractivity contribution is 7.92. The number of halogens is 2. The maximum atomic E-state index is 13.0. The molecule has 1 fully saturated rings. The van der Waals surface area contributed by atoms with Gasteiger partial charge < -0.3 is 14.8 Å². The Hall–Kier alpha value is -3.03. The summed E-state index contributed by atoms with van der Waals surface area (Å²) in [5.74, 6) is -0.189. The first-order valence-electron chi connectivity index (χ1n) is 12.5. The van der Waals surface area contributed by atoms with Crippen molar-refractivity contribution in [2.45, 2.75) is 23.5 Å². The number of carbonyl (C=O) groups is 1. The SMILES string of the molecule is COc1ccc(NS(=O)(=O)c2ccc(NC(=O)C3CCN(S(=O)(=O)Cc4c(Cl)cccc4Cl)CC3)cc2)c(OC)c1. The number of anilines is 2. The maximum Gasteiger partial charge on any atom is 0.262 e. The first kappa shape index (κ1) is 30.9. The summed E-state index contributed by atoms with van der Waals surface area (Å²) in [4.78, 5) is 12.9. The molecule has 10 nitrogen and oxygen atoms in total. The van der Waals surface area contributed by atoms with E-state index in [9.17, 15) is 21.6 Å². The third-order valence-electron chi connectivity index (χ3n) is 6.69. The van der Waals surface area contributed by atoms with Crippen molar-refractivity contribution >= 4 is 60.5 Å². The van der Waals surface area contributed by atoms with Crippen molar-refractivity contribution < 1.29 is 31.1 Å². The van der Waals surface area contributed by atoms with E-state index in [0.29, 0.717) is 35.6 Å². The van der Waals surface area contributed by atoms with Crippen molar-refractivity contribution in [3.05, 3.63) is 76.3 Å². The fraction of sp³-hybridized carbons (Fsp3) is 0.296. The molecule has 3 aromatic carbocycles. The van der Waals surface area contributed by atoms with Crippen molar-refractivity contribution in [1.29, 1.82) is 0 Å². The number of hydrogen-bond donors (Lipinski definition) is 2. The van der Waals surface area contributed by atoms with E-state index < -0.39 is 26.0 Å². The van der Waals surface area contributed by atoms with E-state index in [-0.39, 0.29) is 45.4 Å². The van der Waals surface area contributed by atoms with Crippen LogP contribution < -0.4 is 19.5 Å². The van der Waals surface area contributed by atoms with Gasteiger partial charge in [0.05, 0.1) is 30.6 Å². The molecular formula is C27H29Cl2N3O7S2. The molecule has 0 saturated carbocycles. The predicted molar refractivity (Wildman–Crippen MR) is 159 cm³/mol. The van der Waals surface area contributed by atoms with Crippen LogP contribution in [0.5, 0.6) is 11.5 Å². The van der Waals surface area contributed by atoms with Crippen LogP contribution in [0.25, 0.3) is 0 Å². The zero-order chi connectivity index (χ0) is 29.8. The minimum atomic E-state index is -3.94. The number of benzene rings is 3. The van der Waals surface area contributed by atoms with Gasteiger partial charge in [0.1, 0.15) is 11.5 Å². The number of amides is 1. The van der Waals surface area contributed by atoms with Crippen LogP contribution in [0.4, 0.5) is 11.4 Å². The molecule has 1 aliphatic heterocycles. The summed E-state index contributed by atoms with van der Waals surface area (Å²) in [7, 11) is -4.71. The first-order valence-corrected chi connectivity index (χ1v) is 16.3. The summed E-state index contributed by atoms with van der Waals surface area (Å²) in [6.45, 7) is 0.361. The molecule has 0 bridgehead atoms. The van der Waals surface area contributed by atoms with Gasteiger partial charge in [0.2, 0.25) is 15.9 Å². The van der Waals surface area contributed by atoms with Gasteiger partial charge in [-0.15, -0.1) is 0 Å². The van der Waals surface area contributed by atoms with E-state index in [4.69, 9.17) is 32.7 Å². The molecule has 1 aliphatic rings. The number of nitrogens with zero attached hydrogens (tertiary/aromatic N) is 1. The Morgan fingerprint density at radius 2 is 1.56 bits per heavy atom. The molecule has 0 radical (unpaired) electrons. The van der Waals surface area contributed by atoms with Crippen LogP contribution in [-0.4, -0.2) is 54.4 Å². The van der Waals surface area contributed by atoms with Crippen LogP contribution in [0.15, 0.2) is 65.6 Å². The van der Waals surface area contributed by atoms with Gasteiger partial charge in [-0.1, -0.05) is 29.3 Å². The Kier molecular flexibility index (Phi) is 9.70. The fourth-order valence-corrected chi connectivity index (χ4v) is 7.77. The Bertz CT molecular complexity index is 1600. The molecule has 2 N–H and O–H groups in total. The highest BCUT2D eigenvalue weighted by Gasteiger charge is 2.32. The molecule has 220 valence electrons. The van der Waals surface area contributed by atoms with Crippen molar-refractivity contribution in [3.8, 4) is 11.5 Å². The Balaban J connectivity index is 1.34. The second-order valence-electron chi connectivity index (χ2n) is 9.32. The average Bonchev–Trinajstić information content (AvgIpc) is 2.95. The lowest BCUT2D eigenvalue weighted by molar-refractivity contribution is -0.120. The summed E-state index contributed by atoms with van der Waals surface area (Å²) < 4.78 is 66.0. The van der Waals surface area contributed by atoms with E-state index in [1.807, 2.05) is 0 Å². The molecule has 0 atom stereocenters. The summed E-state index contributed by atoms with van der Waals surface area (Å²) in [6.07, 6.45) is 0.669. The Morgan fingerprint density at radius 3 is 2.15 bits per heavy atom. The molecule has 0 spiro atoms. The number of methoxy groups -OCH3 is 2. The normalized spacial score (nSPS) is 14.8. The van der Waals surface area contributed by atoms with Crippen molar-refractivity contribution in [1.82, 2.24) is 4.31 Å². The van der Waals surface area contributed by atoms with E-state index in [1.165, 1.54) is 48.9 Å². The molecular weight excluding hydrogens is 613 g/mol. The molecule has 1 heterocycles. The standard InChI is InChI=1S/C27H29Cl2N3O7S2/c1-38-20-8-11-25(26(16-20)39-2)31-41(36,37)21-9-6-19(7-10-21)30-27(33)18-12-14-32(15-13-18)40(34,35)17-22-23(28)4-3-5-24(22)29/h3-11,16,18,31H,12-15,17H2,1-2H3,(H,30,33). The molecule has 1 saturated heterocycles. The number of nitrogens with one attached hydrogen (secondary N) is 2. The van der Waals surface area contributed by atoms with E-state index in [1.54, 1.807) is 30.3 Å². The largest absolute Gasteiger partial charge is 0.497 e. The van der Waals surface area contributed by atoms with Crippen LogP contribution in [0.3, 0.4) is 0 Å². The van der Waals surface area contributed by atoms with Crippen LogP contribution in [-0.2, 0) is 30.6 Å². The highest BCUT2D eigenvalue weighted by Crippen LogP contribution is 2.32. The zero-order valence-electron chi connectivity index (χ0n) is 22.3. The molecule has 3 aromatic rings. The second-order valence-corrected chi connectivity index (χ2v) is 13.8. The number of sulfonamides is 2. The lowest BCUT2D eigenvalue weighted by Crippen LogP contribution is -2.42. The molecule has 41 heavy (non-hydrogen) atoms. The number of ether oxygens (including phenoxy) is 2. The maximum absolute atomic E-state index is 13.0. The van der Waals surface area contributed by atoms with Gasteiger partial charge in [-0.05, 0) is 61.4 Å². The number of rotatable bonds is 10. The van der Waals surface area contributed by atoms with Gasteiger partial charge >= 0.3 is 0 Å². The Morgan fingerprint density at radius 1 is 0.927 bits per heavy atom. The van der Waals surface area contributed by atoms with Gasteiger partial charge in [0, 0.05) is 46.4 Å². The minimum Gasteiger partial charge on any atom is -0.497 e. The van der Waals surface area contributed by atoms with Crippen LogP contribution >= 0.6 is 23.2 Å². The highest BCUT2D eigenvalue weighted by atomic mass is 35.5. The zero-order valence-corrected chi connectivity index (χ0v) is 25.4. The summed E-state index contributed by atoms with van der Waals surface area (Å²) in [5, 5.41) is 3.35. The molecule has 0 aromatic heterocycles. The van der Waals surface area contributed by atoms with Crippen LogP contribution in [0, 0.1) is 5.92 Å². The Labute approximate surface area is 249 Å². The smallest absolute Gasteiger partial charge is 0.262 e. The quantitative estimate of drug-likeness (QED) is 0.319. The minimum absolute atomic E-state index is 0.00879. The molecule has 4 rings (SSSR count). The van der Waals surface area contributed by atoms with Crippen LogP contribution in [0.2, 0.25) is 10.0 Å². The molecule has 14 heteroatoms. The molecule has 0 aliphatic carbocycles. The monoisotopic (exact) mass is 641 g/mol. The third-order valence-corrected chi connectivity index (χ3v) is 10.6. The van der Waals surface area contributed by atoms with Gasteiger partial charge in [0.15, 0.2) is 0 Å². The average molecular weight is 643 g/mol. The van der Waals surface area contributed by atoms with E-state index in [2.05, 4.69) is 10.0 Å². The van der Waals surface area contributed by atoms with Crippen LogP contribution in [0.1, 0.15) is 18.4 Å². The lowest BCUT2D eigenvalue weighted by atomic mass is 9.97. The second kappa shape index (κ2) is 12.9.